The molecule has 1 saturated carbocycles. The highest BCUT2D eigenvalue weighted by Crippen LogP contribution is 2.54. The van der Waals surface area contributed by atoms with Crippen molar-refractivity contribution in [2.75, 3.05) is 33.2 Å². The summed E-state index contributed by atoms with van der Waals surface area (Å²) in [4.78, 5) is 34.2. The summed E-state index contributed by atoms with van der Waals surface area (Å²) in [5, 5.41) is 9.72. The Labute approximate surface area is 171 Å². The molecule has 2 aliphatic carbocycles. The Kier molecular flexibility index (Phi) is 4.32. The maximum atomic E-state index is 12.8. The van der Waals surface area contributed by atoms with Gasteiger partial charge in [-0.15, -0.1) is 0 Å². The molecule has 1 spiro atoms. The van der Waals surface area contributed by atoms with Crippen LogP contribution in [0.3, 0.4) is 0 Å². The molecule has 0 amide bonds. The van der Waals surface area contributed by atoms with Gasteiger partial charge in [0.25, 0.3) is 0 Å². The predicted octanol–water partition coefficient (Wildman–Crippen LogP) is 2.45. The fraction of sp³-hybridized carbons (Fsp3) is 0.565. The molecule has 4 aliphatic rings. The number of Topliss-reactive ketones (excluding diaryl/α,β-unsaturated/α-hetero) is 2. The topological polar surface area (TPSA) is 77.3 Å². The third-order valence-corrected chi connectivity index (χ3v) is 7.22. The Morgan fingerprint density at radius 2 is 2.00 bits per heavy atom. The Morgan fingerprint density at radius 3 is 2.62 bits per heavy atom. The first-order valence-electron chi connectivity index (χ1n) is 10.6. The van der Waals surface area contributed by atoms with Crippen LogP contribution >= 0.6 is 0 Å². The molecule has 3 heterocycles. The lowest BCUT2D eigenvalue weighted by Crippen LogP contribution is -2.44. The van der Waals surface area contributed by atoms with Gasteiger partial charge in [-0.1, -0.05) is 0 Å². The highest BCUT2D eigenvalue weighted by atomic mass is 16.1. The standard InChI is InChI=1S/C23H26N4O2/c1-26-13-15(14-26)8-21(29)19-10-17-16(12-25-19)9-20(28)18(11-24)22(17)27-6-4-23(2-3-23)5-7-27/h10,12,15H,2-9,13-14H2,1H3. The number of rotatable bonds is 4. The van der Waals surface area contributed by atoms with Gasteiger partial charge in [-0.3, -0.25) is 14.6 Å². The number of carbonyl (C=O) groups excluding carboxylic acids is 2. The van der Waals surface area contributed by atoms with Crippen molar-refractivity contribution in [1.82, 2.24) is 14.8 Å². The van der Waals surface area contributed by atoms with Crippen LogP contribution in [0, 0.1) is 22.7 Å². The minimum Gasteiger partial charge on any atom is -0.370 e. The molecular weight excluding hydrogens is 364 g/mol. The number of nitrogens with zero attached hydrogens (tertiary/aromatic N) is 4. The predicted molar refractivity (Wildman–Crippen MR) is 108 cm³/mol. The molecule has 1 aromatic rings. The normalized spacial score (nSPS) is 23.6. The molecule has 0 aromatic carbocycles. The van der Waals surface area contributed by atoms with Crippen molar-refractivity contribution in [3.8, 4) is 6.07 Å². The lowest BCUT2D eigenvalue weighted by atomic mass is 9.85. The van der Waals surface area contributed by atoms with E-state index in [0.717, 1.165) is 55.8 Å². The van der Waals surface area contributed by atoms with Gasteiger partial charge in [0.05, 0.1) is 5.70 Å². The zero-order valence-corrected chi connectivity index (χ0v) is 16.9. The van der Waals surface area contributed by atoms with E-state index in [0.29, 0.717) is 23.4 Å². The summed E-state index contributed by atoms with van der Waals surface area (Å²) in [5.41, 5.74) is 3.63. The molecule has 0 bridgehead atoms. The molecular formula is C23H26N4O2. The molecule has 6 heteroatoms. The number of allylic oxidation sites excluding steroid dienone is 1. The van der Waals surface area contributed by atoms with E-state index in [2.05, 4.69) is 27.9 Å². The molecule has 0 N–H and O–H groups in total. The van der Waals surface area contributed by atoms with Crippen LogP contribution in [-0.2, 0) is 11.2 Å². The second-order valence-electron chi connectivity index (χ2n) is 9.36. The number of aromatic nitrogens is 1. The van der Waals surface area contributed by atoms with Gasteiger partial charge < -0.3 is 9.80 Å². The molecule has 2 aliphatic heterocycles. The maximum Gasteiger partial charge on any atom is 0.181 e. The van der Waals surface area contributed by atoms with Crippen LogP contribution in [0.2, 0.25) is 0 Å². The second kappa shape index (κ2) is 6.77. The first-order valence-corrected chi connectivity index (χ1v) is 10.6. The van der Waals surface area contributed by atoms with Gasteiger partial charge in [0.2, 0.25) is 0 Å². The van der Waals surface area contributed by atoms with Crippen molar-refractivity contribution >= 4 is 17.3 Å². The number of hydrogen-bond acceptors (Lipinski definition) is 6. The van der Waals surface area contributed by atoms with Crippen molar-refractivity contribution in [3.63, 3.8) is 0 Å². The van der Waals surface area contributed by atoms with Crippen LogP contribution < -0.4 is 0 Å². The number of likely N-dealkylation sites (tertiary alicyclic amines) is 2. The summed E-state index contributed by atoms with van der Waals surface area (Å²) in [6.07, 6.45) is 7.21. The maximum absolute atomic E-state index is 12.8. The second-order valence-corrected chi connectivity index (χ2v) is 9.36. The minimum absolute atomic E-state index is 0.0521. The Balaban J connectivity index is 1.46. The van der Waals surface area contributed by atoms with E-state index < -0.39 is 0 Å². The average molecular weight is 390 g/mol. The van der Waals surface area contributed by atoms with Gasteiger partial charge in [-0.25, -0.2) is 0 Å². The smallest absolute Gasteiger partial charge is 0.181 e. The number of pyridine rings is 1. The minimum atomic E-state index is -0.139. The highest BCUT2D eigenvalue weighted by Gasteiger charge is 2.45. The fourth-order valence-electron chi connectivity index (χ4n) is 5.17. The zero-order chi connectivity index (χ0) is 20.2. The molecule has 0 radical (unpaired) electrons. The van der Waals surface area contributed by atoms with E-state index in [1.807, 2.05) is 6.07 Å². The van der Waals surface area contributed by atoms with Gasteiger partial charge in [-0.05, 0) is 55.7 Å². The number of ketones is 2. The highest BCUT2D eigenvalue weighted by molar-refractivity contribution is 6.10. The third-order valence-electron chi connectivity index (χ3n) is 7.22. The lowest BCUT2D eigenvalue weighted by molar-refractivity contribution is -0.114. The summed E-state index contributed by atoms with van der Waals surface area (Å²) in [6.45, 7) is 3.63. The molecule has 1 aromatic heterocycles. The van der Waals surface area contributed by atoms with Gasteiger partial charge in [0, 0.05) is 50.8 Å². The number of nitriles is 1. The first-order chi connectivity index (χ1) is 14.0. The van der Waals surface area contributed by atoms with E-state index in [9.17, 15) is 14.9 Å². The Hall–Kier alpha value is -2.52. The zero-order valence-electron chi connectivity index (χ0n) is 16.9. The number of piperidine rings is 1. The van der Waals surface area contributed by atoms with Gasteiger partial charge in [-0.2, -0.15) is 5.26 Å². The Bertz CT molecular complexity index is 954. The van der Waals surface area contributed by atoms with Crippen molar-refractivity contribution < 1.29 is 9.59 Å². The monoisotopic (exact) mass is 390 g/mol. The van der Waals surface area contributed by atoms with Crippen molar-refractivity contribution in [2.24, 2.45) is 11.3 Å². The summed E-state index contributed by atoms with van der Waals surface area (Å²) < 4.78 is 0. The van der Waals surface area contributed by atoms with Gasteiger partial charge in [0.1, 0.15) is 17.3 Å². The molecule has 29 heavy (non-hydrogen) atoms. The number of hydrogen-bond donors (Lipinski definition) is 0. The van der Waals surface area contributed by atoms with E-state index in [1.54, 1.807) is 6.20 Å². The molecule has 150 valence electrons. The van der Waals surface area contributed by atoms with E-state index in [1.165, 1.54) is 12.8 Å². The van der Waals surface area contributed by atoms with Crippen molar-refractivity contribution in [1.29, 1.82) is 5.26 Å². The van der Waals surface area contributed by atoms with Gasteiger partial charge in [0.15, 0.2) is 11.6 Å². The first kappa shape index (κ1) is 18.5. The summed E-state index contributed by atoms with van der Waals surface area (Å²) in [6, 6.07) is 3.99. The summed E-state index contributed by atoms with van der Waals surface area (Å²) in [5.74, 6) is 0.310. The third kappa shape index (κ3) is 3.28. The van der Waals surface area contributed by atoms with Crippen molar-refractivity contribution in [3.05, 3.63) is 34.7 Å². The van der Waals surface area contributed by atoms with E-state index in [-0.39, 0.29) is 23.6 Å². The molecule has 0 unspecified atom stereocenters. The van der Waals surface area contributed by atoms with Crippen LogP contribution in [0.4, 0.5) is 0 Å². The molecule has 5 rings (SSSR count). The van der Waals surface area contributed by atoms with Crippen LogP contribution in [0.1, 0.15) is 53.7 Å². The SMILES string of the molecule is CN1CC(CC(=O)c2cc3c(cn2)CC(=O)C(C#N)=C3N2CCC3(CC2)CC3)C1. The molecule has 0 atom stereocenters. The number of carbonyl (C=O) groups is 2. The summed E-state index contributed by atoms with van der Waals surface area (Å²) in [7, 11) is 2.06. The number of fused-ring (bicyclic) bond motifs is 1. The quantitative estimate of drug-likeness (QED) is 0.735. The van der Waals surface area contributed by atoms with Crippen LogP contribution in [0.15, 0.2) is 17.8 Å². The molecule has 3 fully saturated rings. The van der Waals surface area contributed by atoms with Gasteiger partial charge >= 0.3 is 0 Å². The van der Waals surface area contributed by atoms with Crippen LogP contribution in [0.25, 0.3) is 5.70 Å². The fourth-order valence-corrected chi connectivity index (χ4v) is 5.17. The molecule has 6 nitrogen and oxygen atoms in total. The summed E-state index contributed by atoms with van der Waals surface area (Å²) >= 11 is 0. The Morgan fingerprint density at radius 1 is 1.28 bits per heavy atom. The average Bonchev–Trinajstić information content (AvgIpc) is 3.45. The van der Waals surface area contributed by atoms with E-state index in [4.69, 9.17) is 0 Å². The van der Waals surface area contributed by atoms with E-state index >= 15 is 0 Å². The lowest BCUT2D eigenvalue weighted by Gasteiger charge is -2.37. The van der Waals surface area contributed by atoms with Crippen LogP contribution in [0.5, 0.6) is 0 Å². The largest absolute Gasteiger partial charge is 0.370 e. The van der Waals surface area contributed by atoms with Crippen LogP contribution in [-0.4, -0.2) is 59.6 Å². The molecule has 2 saturated heterocycles. The van der Waals surface area contributed by atoms with Crippen molar-refractivity contribution in [2.45, 2.75) is 38.5 Å².